The molecule has 0 atom stereocenters. The average Bonchev–Trinajstić information content (AvgIpc) is 2.91. The predicted molar refractivity (Wildman–Crippen MR) is 105 cm³/mol. The molecule has 0 saturated heterocycles. The van der Waals surface area contributed by atoms with Gasteiger partial charge in [-0.3, -0.25) is 14.7 Å². The first-order valence-corrected chi connectivity index (χ1v) is 8.60. The van der Waals surface area contributed by atoms with Gasteiger partial charge in [-0.15, -0.1) is 0 Å². The number of aryl methyl sites for hydroxylation is 1. The van der Waals surface area contributed by atoms with Gasteiger partial charge >= 0.3 is 0 Å². The number of H-pyrrole nitrogens is 1. The van der Waals surface area contributed by atoms with E-state index in [4.69, 9.17) is 0 Å². The van der Waals surface area contributed by atoms with E-state index in [1.54, 1.807) is 19.1 Å². The summed E-state index contributed by atoms with van der Waals surface area (Å²) in [5, 5.41) is 6.91. The largest absolute Gasteiger partial charge is 0.295 e. The fraction of sp³-hybridized carbons (Fsp3) is 0.0556. The van der Waals surface area contributed by atoms with Gasteiger partial charge in [0.2, 0.25) is 0 Å². The van der Waals surface area contributed by atoms with E-state index in [2.05, 4.69) is 38.2 Å². The van der Waals surface area contributed by atoms with E-state index in [1.165, 1.54) is 10.9 Å². The van der Waals surface area contributed by atoms with Crippen LogP contribution < -0.4 is 11.0 Å². The molecule has 7 heteroatoms. The molecule has 0 unspecified atom stereocenters. The number of amides is 1. The van der Waals surface area contributed by atoms with Gasteiger partial charge in [0.1, 0.15) is 0 Å². The van der Waals surface area contributed by atoms with Gasteiger partial charge in [-0.05, 0) is 65.9 Å². The number of carbonyl (C=O) groups excluding carboxylic acids is 1. The second-order valence-electron chi connectivity index (χ2n) is 5.33. The van der Waals surface area contributed by atoms with Crippen LogP contribution in [0.25, 0.3) is 5.69 Å². The first kappa shape index (κ1) is 17.2. The number of aromatic nitrogens is 2. The smallest absolute Gasteiger partial charge is 0.280 e. The summed E-state index contributed by atoms with van der Waals surface area (Å²) in [4.78, 5) is 24.5. The molecule has 6 nitrogen and oxygen atoms in total. The number of nitrogens with one attached hydrogen (secondary N) is 2. The summed E-state index contributed by atoms with van der Waals surface area (Å²) < 4.78 is 2.49. The van der Waals surface area contributed by atoms with Crippen LogP contribution >= 0.6 is 22.6 Å². The first-order valence-electron chi connectivity index (χ1n) is 7.52. The van der Waals surface area contributed by atoms with E-state index in [0.717, 1.165) is 9.26 Å². The van der Waals surface area contributed by atoms with E-state index < -0.39 is 0 Å². The number of para-hydroxylation sites is 1. The lowest BCUT2D eigenvalue weighted by Gasteiger charge is -1.99. The minimum absolute atomic E-state index is 0.226. The minimum Gasteiger partial charge on any atom is -0.295 e. The summed E-state index contributed by atoms with van der Waals surface area (Å²) in [7, 11) is 0. The average molecular weight is 446 g/mol. The maximum Gasteiger partial charge on any atom is 0.280 e. The number of hydrogen-bond donors (Lipinski definition) is 2. The number of benzene rings is 2. The number of hydrogen-bond acceptors (Lipinski definition) is 3. The molecule has 1 heterocycles. The second kappa shape index (κ2) is 7.47. The highest BCUT2D eigenvalue weighted by atomic mass is 127. The van der Waals surface area contributed by atoms with Gasteiger partial charge in [0.25, 0.3) is 11.5 Å². The molecule has 0 fully saturated rings. The summed E-state index contributed by atoms with van der Waals surface area (Å²) in [6.45, 7) is 1.78. The van der Waals surface area contributed by atoms with E-state index in [0.29, 0.717) is 16.8 Å². The topological polar surface area (TPSA) is 79.2 Å². The molecular weight excluding hydrogens is 431 g/mol. The van der Waals surface area contributed by atoms with Crippen molar-refractivity contribution in [2.45, 2.75) is 6.92 Å². The van der Waals surface area contributed by atoms with Crippen molar-refractivity contribution in [1.29, 1.82) is 0 Å². The normalized spacial score (nSPS) is 11.0. The maximum absolute atomic E-state index is 12.5. The third-order valence-corrected chi connectivity index (χ3v) is 4.32. The fourth-order valence-electron chi connectivity index (χ4n) is 2.29. The van der Waals surface area contributed by atoms with Crippen LogP contribution in [0.5, 0.6) is 0 Å². The van der Waals surface area contributed by atoms with Crippen LogP contribution in [0.1, 0.15) is 21.6 Å². The quantitative estimate of drug-likeness (QED) is 0.367. The van der Waals surface area contributed by atoms with Crippen LogP contribution in [0.4, 0.5) is 0 Å². The van der Waals surface area contributed by atoms with Crippen molar-refractivity contribution < 1.29 is 4.79 Å². The van der Waals surface area contributed by atoms with Gasteiger partial charge in [0.05, 0.1) is 17.5 Å². The molecule has 0 radical (unpaired) electrons. The summed E-state index contributed by atoms with van der Waals surface area (Å²) in [6, 6.07) is 16.4. The van der Waals surface area contributed by atoms with Crippen molar-refractivity contribution >= 4 is 34.7 Å². The number of hydrazone groups is 1. The van der Waals surface area contributed by atoms with E-state index in [1.807, 2.05) is 42.5 Å². The van der Waals surface area contributed by atoms with Crippen LogP contribution in [-0.4, -0.2) is 21.9 Å². The molecule has 3 rings (SSSR count). The Balaban J connectivity index is 1.78. The zero-order valence-electron chi connectivity index (χ0n) is 13.4. The number of halogens is 1. The third kappa shape index (κ3) is 3.87. The van der Waals surface area contributed by atoms with Crippen molar-refractivity contribution in [1.82, 2.24) is 15.2 Å². The van der Waals surface area contributed by atoms with Gasteiger partial charge in [-0.25, -0.2) is 10.1 Å². The molecule has 126 valence electrons. The van der Waals surface area contributed by atoms with Crippen LogP contribution in [0.3, 0.4) is 0 Å². The summed E-state index contributed by atoms with van der Waals surface area (Å²) in [5.74, 6) is -0.329. The van der Waals surface area contributed by atoms with Gasteiger partial charge in [0.15, 0.2) is 0 Å². The Kier molecular flexibility index (Phi) is 5.13. The van der Waals surface area contributed by atoms with Gasteiger partial charge in [-0.1, -0.05) is 18.2 Å². The summed E-state index contributed by atoms with van der Waals surface area (Å²) in [6.07, 6.45) is 1.36. The number of aromatic amines is 1. The highest BCUT2D eigenvalue weighted by Crippen LogP contribution is 2.07. The Labute approximate surface area is 157 Å². The predicted octanol–water partition coefficient (Wildman–Crippen LogP) is 2.84. The van der Waals surface area contributed by atoms with Crippen LogP contribution in [-0.2, 0) is 0 Å². The van der Waals surface area contributed by atoms with Gasteiger partial charge in [-0.2, -0.15) is 5.10 Å². The highest BCUT2D eigenvalue weighted by Gasteiger charge is 2.10. The SMILES string of the molecule is Cc1[nH]n(-c2ccccc2)c(=O)c1/C=N\NC(=O)c1ccc(I)cc1. The molecule has 0 saturated carbocycles. The Morgan fingerprint density at radius 1 is 1.16 bits per heavy atom. The molecule has 3 aromatic rings. The van der Waals surface area contributed by atoms with Crippen molar-refractivity contribution in [2.24, 2.45) is 5.10 Å². The first-order chi connectivity index (χ1) is 12.1. The zero-order valence-corrected chi connectivity index (χ0v) is 15.5. The summed E-state index contributed by atoms with van der Waals surface area (Å²) in [5.41, 5.74) is 4.51. The van der Waals surface area contributed by atoms with Crippen molar-refractivity contribution in [3.8, 4) is 5.69 Å². The zero-order chi connectivity index (χ0) is 17.8. The second-order valence-corrected chi connectivity index (χ2v) is 6.58. The fourth-order valence-corrected chi connectivity index (χ4v) is 2.65. The van der Waals surface area contributed by atoms with E-state index in [9.17, 15) is 9.59 Å². The van der Waals surface area contributed by atoms with Crippen molar-refractivity contribution in [2.75, 3.05) is 0 Å². The van der Waals surface area contributed by atoms with Gasteiger partial charge < -0.3 is 0 Å². The Hall–Kier alpha value is -2.68. The molecule has 1 aromatic heterocycles. The maximum atomic E-state index is 12.5. The number of nitrogens with zero attached hydrogens (tertiary/aromatic N) is 2. The number of rotatable bonds is 4. The third-order valence-electron chi connectivity index (χ3n) is 3.60. The standard InChI is InChI=1S/C18H15IN4O2/c1-12-16(18(25)23(22-12)15-5-3-2-4-6-15)11-20-21-17(24)13-7-9-14(19)10-8-13/h2-11,22H,1H3,(H,21,24)/b20-11-. The van der Waals surface area contributed by atoms with E-state index in [-0.39, 0.29) is 11.5 Å². The van der Waals surface area contributed by atoms with E-state index >= 15 is 0 Å². The lowest BCUT2D eigenvalue weighted by atomic mass is 10.2. The molecule has 0 bridgehead atoms. The Morgan fingerprint density at radius 2 is 1.84 bits per heavy atom. The Bertz CT molecular complexity index is 973. The molecule has 0 aliphatic heterocycles. The van der Waals surface area contributed by atoms with Crippen molar-refractivity contribution in [3.05, 3.63) is 85.3 Å². The van der Waals surface area contributed by atoms with Crippen molar-refractivity contribution in [3.63, 3.8) is 0 Å². The lowest BCUT2D eigenvalue weighted by molar-refractivity contribution is 0.0955. The monoisotopic (exact) mass is 446 g/mol. The molecule has 2 aromatic carbocycles. The molecule has 0 aliphatic carbocycles. The molecule has 0 spiro atoms. The van der Waals surface area contributed by atoms with Crippen LogP contribution in [0.2, 0.25) is 0 Å². The highest BCUT2D eigenvalue weighted by molar-refractivity contribution is 14.1. The number of carbonyl (C=O) groups is 1. The summed E-state index contributed by atoms with van der Waals surface area (Å²) >= 11 is 2.17. The molecule has 1 amide bonds. The molecular formula is C18H15IN4O2. The molecule has 2 N–H and O–H groups in total. The van der Waals surface area contributed by atoms with Crippen LogP contribution in [0, 0.1) is 10.5 Å². The molecule has 25 heavy (non-hydrogen) atoms. The van der Waals surface area contributed by atoms with Crippen LogP contribution in [0.15, 0.2) is 64.5 Å². The molecule has 0 aliphatic rings. The van der Waals surface area contributed by atoms with Gasteiger partial charge in [0, 0.05) is 14.8 Å². The Morgan fingerprint density at radius 3 is 2.52 bits per heavy atom. The minimum atomic E-state index is -0.329. The lowest BCUT2D eigenvalue weighted by Crippen LogP contribution is -2.20.